The second-order valence-electron chi connectivity index (χ2n) is 1.45. The minimum Gasteiger partial charge on any atom is -0.125 e. The van der Waals surface area contributed by atoms with Gasteiger partial charge in [-0.05, 0) is 12.8 Å². The molecule has 0 nitrogen and oxygen atoms in total. The van der Waals surface area contributed by atoms with Crippen molar-refractivity contribution in [3.05, 3.63) is 11.5 Å². The van der Waals surface area contributed by atoms with Gasteiger partial charge >= 0.3 is 0 Å². The first kappa shape index (κ1) is 3.01. The standard InChI is InChI=1S/C4H7B/c5-3-4-1-2-4/h3H,1-2,5H2. The Morgan fingerprint density at radius 3 is 2.20 bits per heavy atom. The maximum Gasteiger partial charge on any atom is 0.129 e. The molecule has 0 aromatic rings. The van der Waals surface area contributed by atoms with Gasteiger partial charge in [0.1, 0.15) is 7.85 Å². The van der Waals surface area contributed by atoms with E-state index in [2.05, 4.69) is 13.8 Å². The summed E-state index contributed by atoms with van der Waals surface area (Å²) < 4.78 is 0. The summed E-state index contributed by atoms with van der Waals surface area (Å²) in [5, 5.41) is 0. The van der Waals surface area contributed by atoms with Crippen LogP contribution in [0.5, 0.6) is 0 Å². The summed E-state index contributed by atoms with van der Waals surface area (Å²) >= 11 is 0. The Labute approximate surface area is 33.3 Å². The zero-order valence-corrected chi connectivity index (χ0v) is 3.49. The van der Waals surface area contributed by atoms with Crippen LogP contribution < -0.4 is 0 Å². The monoisotopic (exact) mass is 66.1 g/mol. The van der Waals surface area contributed by atoms with E-state index in [1.165, 1.54) is 12.8 Å². The molecule has 0 N–H and O–H groups in total. The Kier molecular flexibility index (Phi) is 0.535. The Morgan fingerprint density at radius 2 is 2.20 bits per heavy atom. The minimum absolute atomic E-state index is 1.37. The van der Waals surface area contributed by atoms with Crippen LogP contribution in [0.25, 0.3) is 0 Å². The highest BCUT2D eigenvalue weighted by Gasteiger charge is 2.06. The lowest BCUT2D eigenvalue weighted by Crippen LogP contribution is -1.42. The van der Waals surface area contributed by atoms with Crippen LogP contribution in [0, 0.1) is 0 Å². The largest absolute Gasteiger partial charge is 0.129 e. The molecule has 26 valence electrons. The normalized spacial score (nSPS) is 18.8. The van der Waals surface area contributed by atoms with E-state index in [-0.39, 0.29) is 0 Å². The van der Waals surface area contributed by atoms with Crippen LogP contribution in [0.15, 0.2) is 11.5 Å². The third-order valence-corrected chi connectivity index (χ3v) is 0.947. The van der Waals surface area contributed by atoms with Crippen LogP contribution >= 0.6 is 0 Å². The molecule has 1 heteroatoms. The Balaban J connectivity index is 2.46. The van der Waals surface area contributed by atoms with Crippen molar-refractivity contribution in [1.29, 1.82) is 0 Å². The van der Waals surface area contributed by atoms with Gasteiger partial charge in [0.15, 0.2) is 0 Å². The molecule has 1 saturated carbocycles. The highest BCUT2D eigenvalue weighted by molar-refractivity contribution is 6.17. The quantitative estimate of drug-likeness (QED) is 0.356. The predicted octanol–water partition coefficient (Wildman–Crippen LogP) is 0.297. The van der Waals surface area contributed by atoms with Crippen molar-refractivity contribution in [2.24, 2.45) is 0 Å². The smallest absolute Gasteiger partial charge is 0.125 e. The van der Waals surface area contributed by atoms with Crippen molar-refractivity contribution in [3.63, 3.8) is 0 Å². The van der Waals surface area contributed by atoms with Crippen LogP contribution in [0.2, 0.25) is 0 Å². The van der Waals surface area contributed by atoms with Crippen molar-refractivity contribution in [1.82, 2.24) is 0 Å². The lowest BCUT2D eigenvalue weighted by molar-refractivity contribution is 1.50. The molecule has 5 heavy (non-hydrogen) atoms. The van der Waals surface area contributed by atoms with E-state index in [0.29, 0.717) is 0 Å². The van der Waals surface area contributed by atoms with Crippen LogP contribution in [-0.2, 0) is 0 Å². The zero-order valence-electron chi connectivity index (χ0n) is 3.49. The first-order valence-electron chi connectivity index (χ1n) is 2.07. The maximum atomic E-state index is 2.19. The first-order valence-corrected chi connectivity index (χ1v) is 2.07. The maximum absolute atomic E-state index is 2.19. The lowest BCUT2D eigenvalue weighted by atomic mass is 10.1. The summed E-state index contributed by atoms with van der Waals surface area (Å²) in [6.45, 7) is 0. The topological polar surface area (TPSA) is 0 Å². The summed E-state index contributed by atoms with van der Waals surface area (Å²) in [6, 6.07) is 0. The molecule has 0 radical (unpaired) electrons. The molecule has 0 bridgehead atoms. The molecule has 0 spiro atoms. The molecule has 0 unspecified atom stereocenters. The molecule has 0 aromatic carbocycles. The van der Waals surface area contributed by atoms with Crippen molar-refractivity contribution < 1.29 is 0 Å². The summed E-state index contributed by atoms with van der Waals surface area (Å²) in [5.74, 6) is 2.19. The van der Waals surface area contributed by atoms with E-state index in [1.54, 1.807) is 5.57 Å². The Hall–Kier alpha value is -0.195. The minimum atomic E-state index is 1.37. The molecular weight excluding hydrogens is 58.9 g/mol. The fourth-order valence-corrected chi connectivity index (χ4v) is 0.361. The van der Waals surface area contributed by atoms with Crippen LogP contribution in [0.4, 0.5) is 0 Å². The summed E-state index contributed by atoms with van der Waals surface area (Å²) in [7, 11) is 2.10. The molecule has 1 aliphatic carbocycles. The third-order valence-electron chi connectivity index (χ3n) is 0.947. The molecule has 0 heterocycles. The highest BCUT2D eigenvalue weighted by atomic mass is 14.1. The van der Waals surface area contributed by atoms with Crippen molar-refractivity contribution in [2.75, 3.05) is 0 Å². The summed E-state index contributed by atoms with van der Waals surface area (Å²) in [5.41, 5.74) is 1.63. The van der Waals surface area contributed by atoms with E-state index in [1.807, 2.05) is 0 Å². The number of rotatable bonds is 0. The van der Waals surface area contributed by atoms with Gasteiger partial charge in [-0.15, -0.1) is 5.98 Å². The predicted molar refractivity (Wildman–Crippen MR) is 25.9 cm³/mol. The number of allylic oxidation sites excluding steroid dienone is 1. The third kappa shape index (κ3) is 0.537. The molecule has 1 rings (SSSR count). The number of hydrogen-bond donors (Lipinski definition) is 0. The van der Waals surface area contributed by atoms with Gasteiger partial charge in [0.05, 0.1) is 0 Å². The molecule has 1 aliphatic rings. The second kappa shape index (κ2) is 0.888. The van der Waals surface area contributed by atoms with Gasteiger partial charge in [0.25, 0.3) is 0 Å². The average molecular weight is 65.9 g/mol. The number of hydrogen-bond acceptors (Lipinski definition) is 0. The Morgan fingerprint density at radius 1 is 1.60 bits per heavy atom. The molecule has 0 aliphatic heterocycles. The fourth-order valence-electron chi connectivity index (χ4n) is 0.361. The van der Waals surface area contributed by atoms with E-state index in [9.17, 15) is 0 Å². The van der Waals surface area contributed by atoms with Crippen molar-refractivity contribution >= 4 is 7.85 Å². The van der Waals surface area contributed by atoms with E-state index < -0.39 is 0 Å². The Bertz CT molecular complexity index is 58.0. The molecule has 1 fully saturated rings. The van der Waals surface area contributed by atoms with Crippen LogP contribution in [0.3, 0.4) is 0 Å². The SMILES string of the molecule is BC=C1CC1. The lowest BCUT2D eigenvalue weighted by Gasteiger charge is -1.52. The van der Waals surface area contributed by atoms with Gasteiger partial charge in [-0.1, -0.05) is 5.57 Å². The highest BCUT2D eigenvalue weighted by Crippen LogP contribution is 2.25. The second-order valence-corrected chi connectivity index (χ2v) is 1.45. The van der Waals surface area contributed by atoms with Gasteiger partial charge in [0.2, 0.25) is 0 Å². The van der Waals surface area contributed by atoms with E-state index in [0.717, 1.165) is 0 Å². The van der Waals surface area contributed by atoms with Crippen LogP contribution in [0.1, 0.15) is 12.8 Å². The van der Waals surface area contributed by atoms with Gasteiger partial charge in [-0.3, -0.25) is 0 Å². The first-order chi connectivity index (χ1) is 2.43. The average Bonchev–Trinajstić information content (AvgIpc) is 2.12. The fraction of sp³-hybridized carbons (Fsp3) is 0.500. The molecule has 0 aromatic heterocycles. The van der Waals surface area contributed by atoms with Gasteiger partial charge in [0, 0.05) is 0 Å². The molecule has 0 amide bonds. The zero-order chi connectivity index (χ0) is 3.70. The van der Waals surface area contributed by atoms with Crippen molar-refractivity contribution in [2.45, 2.75) is 12.8 Å². The van der Waals surface area contributed by atoms with E-state index >= 15 is 0 Å². The summed E-state index contributed by atoms with van der Waals surface area (Å²) in [4.78, 5) is 0. The van der Waals surface area contributed by atoms with Crippen LogP contribution in [-0.4, -0.2) is 7.85 Å². The molecule has 0 saturated heterocycles. The van der Waals surface area contributed by atoms with Gasteiger partial charge in [-0.2, -0.15) is 0 Å². The summed E-state index contributed by atoms with van der Waals surface area (Å²) in [6.07, 6.45) is 2.74. The molecular formula is C4H7B. The van der Waals surface area contributed by atoms with Gasteiger partial charge < -0.3 is 0 Å². The van der Waals surface area contributed by atoms with Crippen molar-refractivity contribution in [3.8, 4) is 0 Å². The van der Waals surface area contributed by atoms with Gasteiger partial charge in [-0.25, -0.2) is 0 Å². The van der Waals surface area contributed by atoms with E-state index in [4.69, 9.17) is 0 Å². The molecule has 0 atom stereocenters.